The van der Waals surface area contributed by atoms with Gasteiger partial charge in [0.25, 0.3) is 11.7 Å². The van der Waals surface area contributed by atoms with Crippen LogP contribution in [-0.2, 0) is 9.59 Å². The van der Waals surface area contributed by atoms with Gasteiger partial charge in [-0.2, -0.15) is 0 Å². The van der Waals surface area contributed by atoms with E-state index in [9.17, 15) is 14.7 Å². The lowest BCUT2D eigenvalue weighted by atomic mass is 9.94. The van der Waals surface area contributed by atoms with Crippen molar-refractivity contribution in [1.82, 2.24) is 9.80 Å². The number of aliphatic hydroxyl groups excluding tert-OH is 1. The molecule has 1 atom stereocenters. The molecule has 0 aromatic heterocycles. The van der Waals surface area contributed by atoms with E-state index >= 15 is 0 Å². The maximum atomic E-state index is 13.1. The number of likely N-dealkylation sites (tertiary alicyclic amines) is 1. The van der Waals surface area contributed by atoms with E-state index in [1.54, 1.807) is 42.5 Å². The van der Waals surface area contributed by atoms with Gasteiger partial charge in [-0.15, -0.1) is 0 Å². The monoisotopic (exact) mass is 440 g/mol. The predicted octanol–water partition coefficient (Wildman–Crippen LogP) is 2.70. The van der Waals surface area contributed by atoms with Crippen LogP contribution in [-0.4, -0.2) is 75.1 Å². The average molecular weight is 440 g/mol. The Bertz CT molecular complexity index is 1050. The number of carbonyl (C=O) groups is 2. The number of ether oxygens (including phenoxy) is 3. The van der Waals surface area contributed by atoms with Crippen LogP contribution in [0.25, 0.3) is 5.76 Å². The highest BCUT2D eigenvalue weighted by atomic mass is 16.5. The number of amides is 1. The number of ketones is 1. The van der Waals surface area contributed by atoms with Crippen molar-refractivity contribution in [3.05, 3.63) is 59.2 Å². The zero-order valence-electron chi connectivity index (χ0n) is 18.9. The molecular formula is C24H28N2O6. The largest absolute Gasteiger partial charge is 0.507 e. The second-order valence-corrected chi connectivity index (χ2v) is 7.64. The van der Waals surface area contributed by atoms with E-state index < -0.39 is 17.7 Å². The van der Waals surface area contributed by atoms with E-state index in [0.29, 0.717) is 34.9 Å². The van der Waals surface area contributed by atoms with Crippen molar-refractivity contribution in [1.29, 1.82) is 0 Å². The molecule has 32 heavy (non-hydrogen) atoms. The van der Waals surface area contributed by atoms with Crippen LogP contribution >= 0.6 is 0 Å². The minimum atomic E-state index is -0.841. The van der Waals surface area contributed by atoms with Gasteiger partial charge in [-0.25, -0.2) is 0 Å². The SMILES string of the molecule is COc1cccc(C(O)=C2C(=O)C(=O)N(CCN(C)C)C2c2cc(OC)ccc2OC)c1. The molecule has 1 aliphatic heterocycles. The number of methoxy groups -OCH3 is 3. The van der Waals surface area contributed by atoms with E-state index in [1.807, 2.05) is 19.0 Å². The summed E-state index contributed by atoms with van der Waals surface area (Å²) in [6, 6.07) is 11.0. The fourth-order valence-electron chi connectivity index (χ4n) is 3.72. The minimum absolute atomic E-state index is 0.00596. The topological polar surface area (TPSA) is 88.5 Å². The number of likely N-dealkylation sites (N-methyl/N-ethyl adjacent to an activating group) is 1. The van der Waals surface area contributed by atoms with E-state index in [-0.39, 0.29) is 17.9 Å². The molecule has 3 rings (SSSR count). The third-order valence-electron chi connectivity index (χ3n) is 5.40. The summed E-state index contributed by atoms with van der Waals surface area (Å²) in [5, 5.41) is 11.2. The smallest absolute Gasteiger partial charge is 0.295 e. The van der Waals surface area contributed by atoms with Crippen LogP contribution in [0, 0.1) is 0 Å². The number of carbonyl (C=O) groups excluding carboxylic acids is 2. The van der Waals surface area contributed by atoms with Crippen LogP contribution < -0.4 is 14.2 Å². The molecule has 2 aromatic rings. The van der Waals surface area contributed by atoms with Crippen molar-refractivity contribution in [3.63, 3.8) is 0 Å². The number of nitrogens with zero attached hydrogens (tertiary/aromatic N) is 2. The molecule has 170 valence electrons. The van der Waals surface area contributed by atoms with Crippen LogP contribution in [0.15, 0.2) is 48.0 Å². The van der Waals surface area contributed by atoms with Gasteiger partial charge in [-0.1, -0.05) is 12.1 Å². The van der Waals surface area contributed by atoms with Gasteiger partial charge in [0.05, 0.1) is 32.9 Å². The molecule has 0 saturated carbocycles. The van der Waals surface area contributed by atoms with E-state index in [1.165, 1.54) is 26.2 Å². The number of rotatable bonds is 8. The molecule has 0 bridgehead atoms. The van der Waals surface area contributed by atoms with Gasteiger partial charge in [0.15, 0.2) is 0 Å². The molecule has 0 aliphatic carbocycles. The number of benzene rings is 2. The zero-order chi connectivity index (χ0) is 23.4. The molecule has 0 radical (unpaired) electrons. The highest BCUT2D eigenvalue weighted by molar-refractivity contribution is 6.46. The Morgan fingerprint density at radius 3 is 2.31 bits per heavy atom. The molecular weight excluding hydrogens is 412 g/mol. The minimum Gasteiger partial charge on any atom is -0.507 e. The van der Waals surface area contributed by atoms with Crippen molar-refractivity contribution in [2.45, 2.75) is 6.04 Å². The van der Waals surface area contributed by atoms with E-state index in [2.05, 4.69) is 0 Å². The quantitative estimate of drug-likeness (QED) is 0.384. The molecule has 1 saturated heterocycles. The fourth-order valence-corrected chi connectivity index (χ4v) is 3.72. The standard InChI is InChI=1S/C24H28N2O6/c1-25(2)11-12-26-21(18-14-17(31-4)9-10-19(18)32-5)20(23(28)24(26)29)22(27)15-7-6-8-16(13-15)30-3/h6-10,13-14,21,27H,11-12H2,1-5H3. The third-order valence-corrected chi connectivity index (χ3v) is 5.40. The Morgan fingerprint density at radius 1 is 1.00 bits per heavy atom. The maximum absolute atomic E-state index is 13.1. The Labute approximate surface area is 187 Å². The molecule has 0 spiro atoms. The van der Waals surface area contributed by atoms with Crippen LogP contribution in [0.4, 0.5) is 0 Å². The van der Waals surface area contributed by atoms with Crippen LogP contribution in [0.2, 0.25) is 0 Å². The first-order valence-corrected chi connectivity index (χ1v) is 10.1. The highest BCUT2D eigenvalue weighted by Gasteiger charge is 2.47. The lowest BCUT2D eigenvalue weighted by Gasteiger charge is -2.28. The Kier molecular flexibility index (Phi) is 7.05. The summed E-state index contributed by atoms with van der Waals surface area (Å²) < 4.78 is 16.1. The number of Topliss-reactive ketones (excluding diaryl/α,β-unsaturated/α-hetero) is 1. The molecule has 8 heteroatoms. The summed E-state index contributed by atoms with van der Waals surface area (Å²) in [4.78, 5) is 29.6. The van der Waals surface area contributed by atoms with Crippen molar-refractivity contribution in [2.24, 2.45) is 0 Å². The third kappa shape index (κ3) is 4.40. The van der Waals surface area contributed by atoms with Crippen molar-refractivity contribution in [3.8, 4) is 17.2 Å². The molecule has 1 amide bonds. The van der Waals surface area contributed by atoms with Gasteiger partial charge in [0.2, 0.25) is 0 Å². The summed E-state index contributed by atoms with van der Waals surface area (Å²) in [5.41, 5.74) is 0.921. The summed E-state index contributed by atoms with van der Waals surface area (Å²) in [5.74, 6) is -0.162. The molecule has 1 N–H and O–H groups in total. The molecule has 1 aliphatic rings. The number of hydrogen-bond acceptors (Lipinski definition) is 7. The van der Waals surface area contributed by atoms with Gasteiger partial charge in [0.1, 0.15) is 23.0 Å². The summed E-state index contributed by atoms with van der Waals surface area (Å²) in [7, 11) is 8.33. The molecule has 2 aromatic carbocycles. The van der Waals surface area contributed by atoms with Crippen LogP contribution in [0.5, 0.6) is 17.2 Å². The van der Waals surface area contributed by atoms with Gasteiger partial charge in [0, 0.05) is 24.2 Å². The fraction of sp³-hybridized carbons (Fsp3) is 0.333. The summed E-state index contributed by atoms with van der Waals surface area (Å²) in [6.07, 6.45) is 0. The Hall–Kier alpha value is -3.52. The van der Waals surface area contributed by atoms with E-state index in [4.69, 9.17) is 14.2 Å². The second-order valence-electron chi connectivity index (χ2n) is 7.64. The molecule has 8 nitrogen and oxygen atoms in total. The summed E-state index contributed by atoms with van der Waals surface area (Å²) in [6.45, 7) is 0.826. The van der Waals surface area contributed by atoms with Crippen molar-refractivity contribution < 1.29 is 28.9 Å². The Balaban J connectivity index is 2.24. The lowest BCUT2D eigenvalue weighted by molar-refractivity contribution is -0.140. The molecule has 1 fully saturated rings. The van der Waals surface area contributed by atoms with Gasteiger partial charge in [-0.05, 0) is 44.4 Å². The predicted molar refractivity (Wildman–Crippen MR) is 120 cm³/mol. The molecule has 1 unspecified atom stereocenters. The molecule has 1 heterocycles. The van der Waals surface area contributed by atoms with Gasteiger partial charge in [-0.3, -0.25) is 9.59 Å². The van der Waals surface area contributed by atoms with Crippen LogP contribution in [0.3, 0.4) is 0 Å². The van der Waals surface area contributed by atoms with E-state index in [0.717, 1.165) is 0 Å². The van der Waals surface area contributed by atoms with Crippen molar-refractivity contribution >= 4 is 17.4 Å². The second kappa shape index (κ2) is 9.74. The van der Waals surface area contributed by atoms with Gasteiger partial charge < -0.3 is 29.1 Å². The number of aliphatic hydroxyl groups is 1. The average Bonchev–Trinajstić information content (AvgIpc) is 3.06. The normalized spacial score (nSPS) is 17.7. The van der Waals surface area contributed by atoms with Crippen LogP contribution in [0.1, 0.15) is 17.2 Å². The lowest BCUT2D eigenvalue weighted by Crippen LogP contribution is -2.35. The first kappa shape index (κ1) is 23.1. The number of hydrogen-bond donors (Lipinski definition) is 1. The Morgan fingerprint density at radius 2 is 1.69 bits per heavy atom. The first-order chi connectivity index (χ1) is 15.3. The van der Waals surface area contributed by atoms with Crippen molar-refractivity contribution in [2.75, 3.05) is 48.5 Å². The first-order valence-electron chi connectivity index (χ1n) is 10.1. The summed E-state index contributed by atoms with van der Waals surface area (Å²) >= 11 is 0. The zero-order valence-corrected chi connectivity index (χ0v) is 18.9. The highest BCUT2D eigenvalue weighted by Crippen LogP contribution is 2.43. The maximum Gasteiger partial charge on any atom is 0.295 e. The van der Waals surface area contributed by atoms with Gasteiger partial charge >= 0.3 is 0 Å².